The van der Waals surface area contributed by atoms with E-state index in [0.717, 1.165) is 13.0 Å². The highest BCUT2D eigenvalue weighted by Gasteiger charge is 2.42. The molecule has 0 spiro atoms. The van der Waals surface area contributed by atoms with Crippen LogP contribution in [-0.2, 0) is 14.8 Å². The van der Waals surface area contributed by atoms with Crippen molar-refractivity contribution in [1.29, 1.82) is 0 Å². The largest absolute Gasteiger partial charge is 0.481 e. The normalized spacial score (nSPS) is 15.0. The third-order valence-electron chi connectivity index (χ3n) is 2.80. The van der Waals surface area contributed by atoms with E-state index in [1.165, 1.54) is 19.1 Å². The van der Waals surface area contributed by atoms with E-state index >= 15 is 0 Å². The predicted molar refractivity (Wildman–Crippen MR) is 68.1 cm³/mol. The Labute approximate surface area is 119 Å². The second-order valence-electron chi connectivity index (χ2n) is 4.78. The van der Waals surface area contributed by atoms with Gasteiger partial charge in [-0.1, -0.05) is 12.1 Å². The van der Waals surface area contributed by atoms with Crippen LogP contribution in [0.15, 0.2) is 23.1 Å². The minimum absolute atomic E-state index is 0.0226. The average molecular weight is 325 g/mol. The summed E-state index contributed by atoms with van der Waals surface area (Å²) in [7, 11) is -4.64. The van der Waals surface area contributed by atoms with E-state index in [1.807, 2.05) is 0 Å². The van der Waals surface area contributed by atoms with Crippen molar-refractivity contribution in [3.63, 3.8) is 0 Å². The van der Waals surface area contributed by atoms with Crippen molar-refractivity contribution in [3.05, 3.63) is 29.6 Å². The summed E-state index contributed by atoms with van der Waals surface area (Å²) in [6, 6.07) is 3.44. The number of carbonyl (C=O) groups is 1. The number of carboxylic acids is 1. The highest BCUT2D eigenvalue weighted by Crippen LogP contribution is 2.25. The molecule has 5 nitrogen and oxygen atoms in total. The van der Waals surface area contributed by atoms with Crippen LogP contribution in [0.4, 0.5) is 13.2 Å². The standard InChI is InChI=1S/C12H14F3NO4S/c1-7-4-3-5-8(13)10(7)21(19,20)16-12(2,11(14)15)6-9(17)18/h3-5,11,16H,6H2,1-2H3,(H,17,18). The van der Waals surface area contributed by atoms with E-state index in [0.29, 0.717) is 0 Å². The number of aryl methyl sites for hydroxylation is 1. The molecule has 0 fully saturated rings. The van der Waals surface area contributed by atoms with Gasteiger partial charge in [-0.3, -0.25) is 4.79 Å². The lowest BCUT2D eigenvalue weighted by atomic mass is 10.0. The number of rotatable bonds is 6. The third-order valence-corrected chi connectivity index (χ3v) is 4.59. The van der Waals surface area contributed by atoms with Crippen LogP contribution >= 0.6 is 0 Å². The highest BCUT2D eigenvalue weighted by molar-refractivity contribution is 7.89. The fourth-order valence-corrected chi connectivity index (χ4v) is 3.48. The zero-order valence-corrected chi connectivity index (χ0v) is 12.0. The fourth-order valence-electron chi connectivity index (χ4n) is 1.79. The van der Waals surface area contributed by atoms with E-state index in [2.05, 4.69) is 0 Å². The molecule has 1 rings (SSSR count). The Hall–Kier alpha value is -1.61. The maximum atomic E-state index is 13.7. The van der Waals surface area contributed by atoms with Crippen LogP contribution < -0.4 is 4.72 Å². The first-order valence-corrected chi connectivity index (χ1v) is 7.27. The summed E-state index contributed by atoms with van der Waals surface area (Å²) in [6.45, 7) is 2.05. The zero-order valence-electron chi connectivity index (χ0n) is 11.2. The molecule has 0 radical (unpaired) electrons. The molecule has 0 amide bonds. The van der Waals surface area contributed by atoms with Gasteiger partial charge in [0.1, 0.15) is 16.3 Å². The molecule has 0 saturated heterocycles. The number of benzene rings is 1. The van der Waals surface area contributed by atoms with Crippen molar-refractivity contribution < 1.29 is 31.5 Å². The van der Waals surface area contributed by atoms with Gasteiger partial charge in [0.25, 0.3) is 6.43 Å². The number of nitrogens with one attached hydrogen (secondary N) is 1. The molecule has 1 atom stereocenters. The predicted octanol–water partition coefficient (Wildman–Crippen LogP) is 1.91. The number of halogens is 3. The molecule has 0 bridgehead atoms. The van der Waals surface area contributed by atoms with Crippen LogP contribution in [0.1, 0.15) is 18.9 Å². The van der Waals surface area contributed by atoms with Gasteiger partial charge in [0.05, 0.1) is 6.42 Å². The third kappa shape index (κ3) is 3.94. The molecule has 0 aliphatic heterocycles. The Kier molecular flexibility index (Phi) is 5.00. The summed E-state index contributed by atoms with van der Waals surface area (Å²) in [4.78, 5) is 9.86. The van der Waals surface area contributed by atoms with Crippen LogP contribution in [0.2, 0.25) is 0 Å². The molecular weight excluding hydrogens is 311 g/mol. The second-order valence-corrected chi connectivity index (χ2v) is 6.40. The Morgan fingerprint density at radius 1 is 1.43 bits per heavy atom. The van der Waals surface area contributed by atoms with Gasteiger partial charge in [0, 0.05) is 0 Å². The molecule has 21 heavy (non-hydrogen) atoms. The van der Waals surface area contributed by atoms with Gasteiger partial charge in [0.2, 0.25) is 10.0 Å². The van der Waals surface area contributed by atoms with Crippen LogP contribution in [0.5, 0.6) is 0 Å². The Balaban J connectivity index is 3.28. The number of hydrogen-bond donors (Lipinski definition) is 2. The molecule has 2 N–H and O–H groups in total. The maximum absolute atomic E-state index is 13.7. The molecule has 0 saturated carbocycles. The first-order valence-electron chi connectivity index (χ1n) is 5.78. The number of sulfonamides is 1. The topological polar surface area (TPSA) is 83.5 Å². The summed E-state index contributed by atoms with van der Waals surface area (Å²) in [5, 5.41) is 8.63. The minimum atomic E-state index is -4.64. The number of aliphatic carboxylic acids is 1. The van der Waals surface area contributed by atoms with Crippen LogP contribution in [0, 0.1) is 12.7 Å². The van der Waals surface area contributed by atoms with Crippen molar-refractivity contribution in [1.82, 2.24) is 4.72 Å². The van der Waals surface area contributed by atoms with Gasteiger partial charge >= 0.3 is 5.97 Å². The molecule has 1 unspecified atom stereocenters. The van der Waals surface area contributed by atoms with Crippen molar-refractivity contribution in [2.75, 3.05) is 0 Å². The van der Waals surface area contributed by atoms with Crippen molar-refractivity contribution in [2.24, 2.45) is 0 Å². The number of alkyl halides is 2. The van der Waals surface area contributed by atoms with E-state index in [-0.39, 0.29) is 5.56 Å². The molecule has 9 heteroatoms. The van der Waals surface area contributed by atoms with Crippen LogP contribution in [0.25, 0.3) is 0 Å². The van der Waals surface area contributed by atoms with E-state index in [1.54, 1.807) is 4.72 Å². The smallest absolute Gasteiger partial charge is 0.305 e. The summed E-state index contributed by atoms with van der Waals surface area (Å²) < 4.78 is 65.5. The molecular formula is C12H14F3NO4S. The van der Waals surface area contributed by atoms with E-state index in [9.17, 15) is 26.4 Å². The summed E-state index contributed by atoms with van der Waals surface area (Å²) in [5.74, 6) is -2.71. The molecule has 0 aliphatic rings. The minimum Gasteiger partial charge on any atom is -0.481 e. The van der Waals surface area contributed by atoms with Gasteiger partial charge in [-0.15, -0.1) is 0 Å². The maximum Gasteiger partial charge on any atom is 0.305 e. The van der Waals surface area contributed by atoms with Crippen molar-refractivity contribution >= 4 is 16.0 Å². The van der Waals surface area contributed by atoms with E-state index < -0.39 is 45.1 Å². The van der Waals surface area contributed by atoms with Crippen molar-refractivity contribution in [2.45, 2.75) is 37.1 Å². The average Bonchev–Trinajstić information content (AvgIpc) is 2.25. The lowest BCUT2D eigenvalue weighted by Crippen LogP contribution is -2.52. The lowest BCUT2D eigenvalue weighted by molar-refractivity contribution is -0.140. The van der Waals surface area contributed by atoms with Gasteiger partial charge in [-0.2, -0.15) is 4.72 Å². The summed E-state index contributed by atoms with van der Waals surface area (Å²) >= 11 is 0. The van der Waals surface area contributed by atoms with Crippen LogP contribution in [0.3, 0.4) is 0 Å². The number of carboxylic acid groups (broad SMARTS) is 1. The molecule has 1 aromatic carbocycles. The van der Waals surface area contributed by atoms with Gasteiger partial charge in [-0.05, 0) is 25.5 Å². The first kappa shape index (κ1) is 17.4. The monoisotopic (exact) mass is 325 g/mol. The molecule has 0 aliphatic carbocycles. The molecule has 0 aromatic heterocycles. The first-order chi connectivity index (χ1) is 9.49. The van der Waals surface area contributed by atoms with E-state index in [4.69, 9.17) is 5.11 Å². The highest BCUT2D eigenvalue weighted by atomic mass is 32.2. The fraction of sp³-hybridized carbons (Fsp3) is 0.417. The van der Waals surface area contributed by atoms with Gasteiger partial charge in [-0.25, -0.2) is 21.6 Å². The van der Waals surface area contributed by atoms with Gasteiger partial charge in [0.15, 0.2) is 0 Å². The van der Waals surface area contributed by atoms with Crippen molar-refractivity contribution in [3.8, 4) is 0 Å². The Morgan fingerprint density at radius 2 is 2.00 bits per heavy atom. The Morgan fingerprint density at radius 3 is 2.43 bits per heavy atom. The van der Waals surface area contributed by atoms with Crippen LogP contribution in [-0.4, -0.2) is 31.5 Å². The SMILES string of the molecule is Cc1cccc(F)c1S(=O)(=O)NC(C)(CC(=O)O)C(F)F. The molecule has 118 valence electrons. The lowest BCUT2D eigenvalue weighted by Gasteiger charge is -2.28. The summed E-state index contributed by atoms with van der Waals surface area (Å²) in [5.41, 5.74) is -2.52. The molecule has 0 heterocycles. The second kappa shape index (κ2) is 6.02. The zero-order chi connectivity index (χ0) is 16.4. The van der Waals surface area contributed by atoms with Gasteiger partial charge < -0.3 is 5.11 Å². The quantitative estimate of drug-likeness (QED) is 0.837. The Bertz CT molecular complexity index is 628. The molecule has 1 aromatic rings. The number of hydrogen-bond acceptors (Lipinski definition) is 3. The summed E-state index contributed by atoms with van der Waals surface area (Å²) in [6.07, 6.45) is -4.42.